The van der Waals surface area contributed by atoms with Crippen LogP contribution >= 0.6 is 0 Å². The minimum atomic E-state index is -0.208. The second-order valence-corrected chi connectivity index (χ2v) is 5.63. The van der Waals surface area contributed by atoms with Crippen LogP contribution in [0.15, 0.2) is 24.3 Å². The van der Waals surface area contributed by atoms with Gasteiger partial charge in [0.25, 0.3) is 0 Å². The Labute approximate surface area is 125 Å². The maximum Gasteiger partial charge on any atom is 0.244 e. The number of nitrogens with zero attached hydrogens (tertiary/aromatic N) is 1. The molecule has 21 heavy (non-hydrogen) atoms. The van der Waals surface area contributed by atoms with Crippen LogP contribution in [0, 0.1) is 5.92 Å². The number of nitrogens with one attached hydrogen (secondary N) is 2. The lowest BCUT2D eigenvalue weighted by Crippen LogP contribution is -2.45. The number of para-hydroxylation sites is 1. The fraction of sp³-hybridized carbons (Fsp3) is 0.500. The summed E-state index contributed by atoms with van der Waals surface area (Å²) in [5, 5.41) is 5.91. The van der Waals surface area contributed by atoms with Crippen LogP contribution < -0.4 is 10.6 Å². The normalized spacial score (nSPS) is 18.1. The highest BCUT2D eigenvalue weighted by atomic mass is 16.2. The van der Waals surface area contributed by atoms with Crippen molar-refractivity contribution in [2.45, 2.75) is 25.8 Å². The molecular weight excluding hydrogens is 266 g/mol. The van der Waals surface area contributed by atoms with E-state index in [0.717, 1.165) is 18.5 Å². The average Bonchev–Trinajstić information content (AvgIpc) is 2.52. The van der Waals surface area contributed by atoms with Crippen molar-refractivity contribution in [1.82, 2.24) is 10.2 Å². The van der Waals surface area contributed by atoms with Gasteiger partial charge in [-0.2, -0.15) is 0 Å². The number of rotatable bonds is 4. The molecule has 1 heterocycles. The average molecular weight is 289 g/mol. The lowest BCUT2D eigenvalue weighted by Gasteiger charge is -2.30. The number of aryl methyl sites for hydroxylation is 1. The molecule has 5 heteroatoms. The molecule has 0 fully saturated rings. The highest BCUT2D eigenvalue weighted by Crippen LogP contribution is 2.25. The van der Waals surface area contributed by atoms with Gasteiger partial charge in [-0.15, -0.1) is 0 Å². The van der Waals surface area contributed by atoms with Crippen molar-refractivity contribution >= 4 is 17.5 Å². The molecule has 0 saturated carbocycles. The van der Waals surface area contributed by atoms with Crippen molar-refractivity contribution in [3.8, 4) is 0 Å². The summed E-state index contributed by atoms with van der Waals surface area (Å²) in [6.45, 7) is 2.25. The maximum absolute atomic E-state index is 12.5. The monoisotopic (exact) mass is 289 g/mol. The van der Waals surface area contributed by atoms with Gasteiger partial charge in [0.05, 0.1) is 5.92 Å². The summed E-state index contributed by atoms with van der Waals surface area (Å²) >= 11 is 0. The van der Waals surface area contributed by atoms with E-state index in [1.807, 2.05) is 25.1 Å². The van der Waals surface area contributed by atoms with Gasteiger partial charge in [-0.25, -0.2) is 0 Å². The van der Waals surface area contributed by atoms with Crippen molar-refractivity contribution < 1.29 is 9.59 Å². The van der Waals surface area contributed by atoms with Gasteiger partial charge in [0.2, 0.25) is 11.8 Å². The first-order valence-corrected chi connectivity index (χ1v) is 7.34. The van der Waals surface area contributed by atoms with E-state index in [1.165, 1.54) is 5.56 Å². The van der Waals surface area contributed by atoms with Gasteiger partial charge >= 0.3 is 0 Å². The van der Waals surface area contributed by atoms with Crippen molar-refractivity contribution in [2.75, 3.05) is 26.0 Å². The Morgan fingerprint density at radius 1 is 1.43 bits per heavy atom. The van der Waals surface area contributed by atoms with Crippen LogP contribution in [-0.4, -0.2) is 43.4 Å². The molecule has 0 bridgehead atoms. The quantitative estimate of drug-likeness (QED) is 0.877. The molecule has 2 amide bonds. The molecule has 0 aliphatic carbocycles. The van der Waals surface area contributed by atoms with E-state index >= 15 is 0 Å². The number of hydrogen-bond donors (Lipinski definition) is 2. The minimum Gasteiger partial charge on any atom is -0.373 e. The molecule has 2 atom stereocenters. The zero-order chi connectivity index (χ0) is 15.4. The second-order valence-electron chi connectivity index (χ2n) is 5.63. The van der Waals surface area contributed by atoms with Gasteiger partial charge < -0.3 is 15.5 Å². The van der Waals surface area contributed by atoms with Gasteiger partial charge in [-0.05, 0) is 24.5 Å². The molecule has 2 rings (SSSR count). The number of hydrogen-bond acceptors (Lipinski definition) is 3. The largest absolute Gasteiger partial charge is 0.373 e. The molecule has 114 valence electrons. The van der Waals surface area contributed by atoms with Crippen LogP contribution in [0.2, 0.25) is 0 Å². The summed E-state index contributed by atoms with van der Waals surface area (Å²) in [6.07, 6.45) is 1.69. The van der Waals surface area contributed by atoms with Gasteiger partial charge in [0, 0.05) is 26.3 Å². The molecule has 0 radical (unpaired) electrons. The topological polar surface area (TPSA) is 61.4 Å². The van der Waals surface area contributed by atoms with E-state index in [1.54, 1.807) is 19.0 Å². The molecule has 2 N–H and O–H groups in total. The smallest absolute Gasteiger partial charge is 0.244 e. The first-order chi connectivity index (χ1) is 10.0. The predicted molar refractivity (Wildman–Crippen MR) is 83.0 cm³/mol. The van der Waals surface area contributed by atoms with E-state index in [2.05, 4.69) is 16.7 Å². The fourth-order valence-electron chi connectivity index (χ4n) is 2.72. The van der Waals surface area contributed by atoms with Gasteiger partial charge in [0.15, 0.2) is 0 Å². The van der Waals surface area contributed by atoms with Crippen LogP contribution in [0.4, 0.5) is 5.69 Å². The lowest BCUT2D eigenvalue weighted by atomic mass is 9.97. The first-order valence-electron chi connectivity index (χ1n) is 7.34. The highest BCUT2D eigenvalue weighted by molar-refractivity contribution is 5.86. The lowest BCUT2D eigenvalue weighted by molar-refractivity contribution is -0.132. The Hall–Kier alpha value is -2.04. The summed E-state index contributed by atoms with van der Waals surface area (Å²) in [4.78, 5) is 25.7. The molecular formula is C16H23N3O2. The third-order valence-electron chi connectivity index (χ3n) is 3.97. The van der Waals surface area contributed by atoms with Gasteiger partial charge in [0.1, 0.15) is 6.04 Å². The van der Waals surface area contributed by atoms with E-state index in [9.17, 15) is 9.59 Å². The summed E-state index contributed by atoms with van der Waals surface area (Å²) in [6, 6.07) is 7.86. The van der Waals surface area contributed by atoms with Crippen molar-refractivity contribution in [3.05, 3.63) is 29.8 Å². The third-order valence-corrected chi connectivity index (χ3v) is 3.97. The van der Waals surface area contributed by atoms with E-state index in [4.69, 9.17) is 0 Å². The van der Waals surface area contributed by atoms with Crippen LogP contribution in [0.1, 0.15) is 18.9 Å². The second kappa shape index (κ2) is 6.61. The van der Waals surface area contributed by atoms with Crippen molar-refractivity contribution in [2.24, 2.45) is 5.92 Å². The molecule has 0 spiro atoms. The molecule has 1 aliphatic rings. The number of benzene rings is 1. The number of anilines is 1. The van der Waals surface area contributed by atoms with Gasteiger partial charge in [-0.3, -0.25) is 9.59 Å². The van der Waals surface area contributed by atoms with Crippen molar-refractivity contribution in [3.63, 3.8) is 0 Å². The molecule has 1 aromatic rings. The van der Waals surface area contributed by atoms with Crippen LogP contribution in [0.25, 0.3) is 0 Å². The Kier molecular flexibility index (Phi) is 4.83. The minimum absolute atomic E-state index is 0.0419. The first kappa shape index (κ1) is 15.4. The van der Waals surface area contributed by atoms with Crippen LogP contribution in [-0.2, 0) is 16.0 Å². The maximum atomic E-state index is 12.5. The summed E-state index contributed by atoms with van der Waals surface area (Å²) in [5.41, 5.74) is 2.29. The zero-order valence-electron chi connectivity index (χ0n) is 12.8. The van der Waals surface area contributed by atoms with E-state index < -0.39 is 0 Å². The predicted octanol–water partition coefficient (Wildman–Crippen LogP) is 1.25. The SMILES string of the molecule is CNC(=O)C(C)CN(C)C(=O)C1CCc2ccccc2N1. The summed E-state index contributed by atoms with van der Waals surface area (Å²) in [7, 11) is 3.37. The van der Waals surface area contributed by atoms with Crippen molar-refractivity contribution in [1.29, 1.82) is 0 Å². The number of amides is 2. The zero-order valence-corrected chi connectivity index (χ0v) is 12.8. The molecule has 0 aromatic heterocycles. The summed E-state index contributed by atoms with van der Waals surface area (Å²) in [5.74, 6) is -0.211. The van der Waals surface area contributed by atoms with E-state index in [-0.39, 0.29) is 23.8 Å². The standard InChI is InChI=1S/C16H23N3O2/c1-11(15(20)17-2)10-19(3)16(21)14-9-8-12-6-4-5-7-13(12)18-14/h4-7,11,14,18H,8-10H2,1-3H3,(H,17,20). The van der Waals surface area contributed by atoms with Gasteiger partial charge in [-0.1, -0.05) is 25.1 Å². The number of fused-ring (bicyclic) bond motifs is 1. The number of carbonyl (C=O) groups excluding carboxylic acids is 2. The Balaban J connectivity index is 1.96. The molecule has 5 nitrogen and oxygen atoms in total. The number of likely N-dealkylation sites (N-methyl/N-ethyl adjacent to an activating group) is 1. The Morgan fingerprint density at radius 2 is 2.14 bits per heavy atom. The Morgan fingerprint density at radius 3 is 2.86 bits per heavy atom. The molecule has 2 unspecified atom stereocenters. The Bertz CT molecular complexity index is 530. The van der Waals surface area contributed by atoms with Crippen LogP contribution in [0.3, 0.4) is 0 Å². The van der Waals surface area contributed by atoms with E-state index in [0.29, 0.717) is 6.54 Å². The molecule has 1 aromatic carbocycles. The fourth-order valence-corrected chi connectivity index (χ4v) is 2.72. The molecule has 1 aliphatic heterocycles. The third kappa shape index (κ3) is 3.54. The van der Waals surface area contributed by atoms with Crippen LogP contribution in [0.5, 0.6) is 0 Å². The molecule has 0 saturated heterocycles. The number of carbonyl (C=O) groups is 2. The highest BCUT2D eigenvalue weighted by Gasteiger charge is 2.27. The summed E-state index contributed by atoms with van der Waals surface area (Å²) < 4.78 is 0.